The highest BCUT2D eigenvalue weighted by atomic mass is 16.4. The highest BCUT2D eigenvalue weighted by Crippen LogP contribution is 2.31. The summed E-state index contributed by atoms with van der Waals surface area (Å²) in [5, 5.41) is 10.4. The van der Waals surface area contributed by atoms with Gasteiger partial charge in [-0.1, -0.05) is 6.07 Å². The smallest absolute Gasteiger partial charge is 0.335 e. The molecule has 4 aromatic rings. The molecule has 2 N–H and O–H groups in total. The Balaban J connectivity index is 1.97. The molecule has 0 unspecified atom stereocenters. The summed E-state index contributed by atoms with van der Waals surface area (Å²) in [5.41, 5.74) is 4.34. The molecular weight excluding hydrogens is 340 g/mol. The van der Waals surface area contributed by atoms with E-state index in [1.807, 2.05) is 24.4 Å². The highest BCUT2D eigenvalue weighted by Gasteiger charge is 2.17. The van der Waals surface area contributed by atoms with Gasteiger partial charge in [0.2, 0.25) is 0 Å². The van der Waals surface area contributed by atoms with Crippen LogP contribution in [0.3, 0.4) is 0 Å². The first-order valence-electron chi connectivity index (χ1n) is 8.98. The van der Waals surface area contributed by atoms with Crippen LogP contribution in [-0.4, -0.2) is 39.1 Å². The lowest BCUT2D eigenvalue weighted by molar-refractivity contribution is 0.0697. The van der Waals surface area contributed by atoms with Gasteiger partial charge < -0.3 is 15.0 Å². The number of carbonyl (C=O) groups is 1. The summed E-state index contributed by atoms with van der Waals surface area (Å²) in [6.45, 7) is 5.72. The quantitative estimate of drug-likeness (QED) is 0.554. The summed E-state index contributed by atoms with van der Waals surface area (Å²) in [6, 6.07) is 13.1. The van der Waals surface area contributed by atoms with Crippen molar-refractivity contribution in [1.29, 1.82) is 0 Å². The molecule has 2 heterocycles. The maximum absolute atomic E-state index is 11.3. The number of aromatic nitrogens is 3. The van der Waals surface area contributed by atoms with Crippen LogP contribution in [0.1, 0.15) is 24.2 Å². The number of hydrogen-bond acceptors (Lipinski definition) is 4. The minimum Gasteiger partial charge on any atom is -0.478 e. The van der Waals surface area contributed by atoms with Crippen molar-refractivity contribution in [3.05, 3.63) is 54.2 Å². The summed E-state index contributed by atoms with van der Waals surface area (Å²) in [6.07, 6.45) is 1.92. The van der Waals surface area contributed by atoms with E-state index in [1.54, 1.807) is 18.2 Å². The van der Waals surface area contributed by atoms with E-state index in [2.05, 4.69) is 29.8 Å². The zero-order valence-electron chi connectivity index (χ0n) is 15.2. The number of carboxylic acid groups (broad SMARTS) is 1. The van der Waals surface area contributed by atoms with E-state index in [4.69, 9.17) is 9.97 Å². The van der Waals surface area contributed by atoms with Crippen molar-refractivity contribution in [2.24, 2.45) is 0 Å². The van der Waals surface area contributed by atoms with Crippen LogP contribution in [0.2, 0.25) is 0 Å². The average Bonchev–Trinajstić information content (AvgIpc) is 3.15. The van der Waals surface area contributed by atoms with Gasteiger partial charge in [0.1, 0.15) is 5.69 Å². The maximum Gasteiger partial charge on any atom is 0.335 e. The van der Waals surface area contributed by atoms with E-state index >= 15 is 0 Å². The molecular formula is C21H20N4O2. The lowest BCUT2D eigenvalue weighted by atomic mass is 10.1. The van der Waals surface area contributed by atoms with Gasteiger partial charge >= 0.3 is 5.97 Å². The van der Waals surface area contributed by atoms with Gasteiger partial charge in [-0.15, -0.1) is 0 Å². The monoisotopic (exact) mass is 360 g/mol. The molecule has 0 aliphatic rings. The molecule has 0 saturated heterocycles. The topological polar surface area (TPSA) is 82.1 Å². The second-order valence-electron chi connectivity index (χ2n) is 6.36. The van der Waals surface area contributed by atoms with Crippen molar-refractivity contribution >= 4 is 33.7 Å². The number of rotatable bonds is 5. The molecule has 0 amide bonds. The Morgan fingerprint density at radius 1 is 1.04 bits per heavy atom. The Labute approximate surface area is 156 Å². The number of nitrogens with one attached hydrogen (secondary N) is 1. The number of hydrogen-bond donors (Lipinski definition) is 2. The Kier molecular flexibility index (Phi) is 4.24. The van der Waals surface area contributed by atoms with Crippen LogP contribution < -0.4 is 4.90 Å². The van der Waals surface area contributed by atoms with Crippen LogP contribution in [0.5, 0.6) is 0 Å². The maximum atomic E-state index is 11.3. The van der Waals surface area contributed by atoms with Gasteiger partial charge in [-0.3, -0.25) is 0 Å². The fraction of sp³-hybridized carbons (Fsp3) is 0.190. The van der Waals surface area contributed by atoms with E-state index in [9.17, 15) is 9.90 Å². The Bertz CT molecular complexity index is 1150. The third-order valence-corrected chi connectivity index (χ3v) is 4.78. The zero-order valence-corrected chi connectivity index (χ0v) is 15.2. The number of anilines is 1. The second kappa shape index (κ2) is 6.72. The van der Waals surface area contributed by atoms with Crippen molar-refractivity contribution in [3.8, 4) is 11.3 Å². The van der Waals surface area contributed by atoms with Crippen LogP contribution in [0.25, 0.3) is 33.2 Å². The normalized spacial score (nSPS) is 11.2. The van der Waals surface area contributed by atoms with Crippen molar-refractivity contribution in [2.75, 3.05) is 18.0 Å². The molecule has 136 valence electrons. The third kappa shape index (κ3) is 2.99. The molecule has 6 nitrogen and oxygen atoms in total. The number of aromatic amines is 1. The molecule has 0 saturated carbocycles. The van der Waals surface area contributed by atoms with E-state index in [-0.39, 0.29) is 5.56 Å². The largest absolute Gasteiger partial charge is 0.478 e. The SMILES string of the molecule is CCN(CC)c1nc2cc(C(=O)O)ccc2nc1-c1ccc2[nH]ccc2c1. The number of benzene rings is 2. The standard InChI is InChI=1S/C21H20N4O2/c1-3-25(4-2)20-19(14-5-7-16-13(11-14)9-10-22-16)23-17-8-6-15(21(26)27)12-18(17)24-20/h5-12,22H,3-4H2,1-2H3,(H,26,27). The number of aromatic carboxylic acids is 1. The summed E-state index contributed by atoms with van der Waals surface area (Å²) >= 11 is 0. The minimum atomic E-state index is -0.968. The number of fused-ring (bicyclic) bond motifs is 2. The number of carboxylic acids is 1. The Morgan fingerprint density at radius 3 is 2.59 bits per heavy atom. The van der Waals surface area contributed by atoms with Gasteiger partial charge in [-0.2, -0.15) is 0 Å². The van der Waals surface area contributed by atoms with Gasteiger partial charge in [-0.05, 0) is 50.2 Å². The summed E-state index contributed by atoms with van der Waals surface area (Å²) < 4.78 is 0. The third-order valence-electron chi connectivity index (χ3n) is 4.78. The van der Waals surface area contributed by atoms with Crippen LogP contribution in [0.4, 0.5) is 5.82 Å². The van der Waals surface area contributed by atoms with Crippen LogP contribution in [0, 0.1) is 0 Å². The predicted molar refractivity (Wildman–Crippen MR) is 107 cm³/mol. The first kappa shape index (κ1) is 17.0. The highest BCUT2D eigenvalue weighted by molar-refractivity contribution is 5.94. The summed E-state index contributed by atoms with van der Waals surface area (Å²) in [7, 11) is 0. The molecule has 0 radical (unpaired) electrons. The zero-order chi connectivity index (χ0) is 19.0. The average molecular weight is 360 g/mol. The minimum absolute atomic E-state index is 0.212. The van der Waals surface area contributed by atoms with Crippen molar-refractivity contribution in [2.45, 2.75) is 13.8 Å². The summed E-state index contributed by atoms with van der Waals surface area (Å²) in [4.78, 5) is 26.3. The van der Waals surface area contributed by atoms with Crippen molar-refractivity contribution < 1.29 is 9.90 Å². The van der Waals surface area contributed by atoms with Gasteiger partial charge in [0, 0.05) is 35.8 Å². The van der Waals surface area contributed by atoms with Crippen molar-refractivity contribution in [1.82, 2.24) is 15.0 Å². The van der Waals surface area contributed by atoms with E-state index in [0.29, 0.717) is 11.0 Å². The molecule has 2 aromatic heterocycles. The second-order valence-corrected chi connectivity index (χ2v) is 6.36. The lowest BCUT2D eigenvalue weighted by Crippen LogP contribution is -2.24. The van der Waals surface area contributed by atoms with Crippen LogP contribution >= 0.6 is 0 Å². The molecule has 0 aliphatic carbocycles. The fourth-order valence-electron chi connectivity index (χ4n) is 3.32. The molecule has 0 fully saturated rings. The Hall–Kier alpha value is -3.41. The molecule has 0 atom stereocenters. The van der Waals surface area contributed by atoms with Gasteiger partial charge in [0.05, 0.1) is 16.6 Å². The van der Waals surface area contributed by atoms with Gasteiger partial charge in [-0.25, -0.2) is 14.8 Å². The summed E-state index contributed by atoms with van der Waals surface area (Å²) in [5.74, 6) is -0.199. The van der Waals surface area contributed by atoms with Crippen LogP contribution in [0.15, 0.2) is 48.7 Å². The first-order valence-corrected chi connectivity index (χ1v) is 8.98. The lowest BCUT2D eigenvalue weighted by Gasteiger charge is -2.23. The van der Waals surface area contributed by atoms with E-state index in [1.165, 1.54) is 0 Å². The van der Waals surface area contributed by atoms with E-state index in [0.717, 1.165) is 41.1 Å². The molecule has 0 aliphatic heterocycles. The first-order chi connectivity index (χ1) is 13.1. The van der Waals surface area contributed by atoms with Gasteiger partial charge in [0.15, 0.2) is 5.82 Å². The molecule has 27 heavy (non-hydrogen) atoms. The molecule has 0 spiro atoms. The molecule has 4 rings (SSSR count). The molecule has 6 heteroatoms. The number of nitrogens with zero attached hydrogens (tertiary/aromatic N) is 3. The van der Waals surface area contributed by atoms with E-state index < -0.39 is 5.97 Å². The van der Waals surface area contributed by atoms with Crippen molar-refractivity contribution in [3.63, 3.8) is 0 Å². The molecule has 0 bridgehead atoms. The molecule has 2 aromatic carbocycles. The fourth-order valence-corrected chi connectivity index (χ4v) is 3.32. The van der Waals surface area contributed by atoms with Crippen LogP contribution in [-0.2, 0) is 0 Å². The number of H-pyrrole nitrogens is 1. The Morgan fingerprint density at radius 2 is 1.85 bits per heavy atom. The predicted octanol–water partition coefficient (Wildman–Crippen LogP) is 4.32. The van der Waals surface area contributed by atoms with Gasteiger partial charge in [0.25, 0.3) is 0 Å².